The van der Waals surface area contributed by atoms with Crippen LogP contribution < -0.4 is 5.32 Å². The molecule has 110 valence electrons. The zero-order valence-corrected chi connectivity index (χ0v) is 13.0. The number of hydrogen-bond donors (Lipinski definition) is 1. The molecule has 20 heavy (non-hydrogen) atoms. The molecule has 1 aromatic heterocycles. The highest BCUT2D eigenvalue weighted by Gasteiger charge is 2.23. The molecular formula is C14H21ClN4O. The van der Waals surface area contributed by atoms with Crippen LogP contribution in [-0.4, -0.2) is 40.1 Å². The minimum absolute atomic E-state index is 0.124. The third kappa shape index (κ3) is 3.20. The molecule has 0 spiro atoms. The summed E-state index contributed by atoms with van der Waals surface area (Å²) in [6.07, 6.45) is 3.40. The maximum atomic E-state index is 12.4. The minimum atomic E-state index is -0.304. The van der Waals surface area contributed by atoms with Gasteiger partial charge >= 0.3 is 0 Å². The van der Waals surface area contributed by atoms with Gasteiger partial charge < -0.3 is 10.2 Å². The molecule has 1 amide bonds. The van der Waals surface area contributed by atoms with Crippen LogP contribution in [0.15, 0.2) is 0 Å². The van der Waals surface area contributed by atoms with Crippen LogP contribution in [-0.2, 0) is 4.79 Å². The highest BCUT2D eigenvalue weighted by molar-refractivity contribution is 6.30. The first-order chi connectivity index (χ1) is 9.50. The van der Waals surface area contributed by atoms with Gasteiger partial charge in [0.15, 0.2) is 11.0 Å². The third-order valence-electron chi connectivity index (χ3n) is 3.86. The number of hydrogen-bond acceptors (Lipinski definition) is 4. The molecule has 0 aliphatic carbocycles. The van der Waals surface area contributed by atoms with E-state index in [1.807, 2.05) is 25.7 Å². The van der Waals surface area contributed by atoms with E-state index in [0.717, 1.165) is 37.1 Å². The van der Waals surface area contributed by atoms with Gasteiger partial charge in [-0.25, -0.2) is 0 Å². The first-order valence-corrected chi connectivity index (χ1v) is 7.43. The van der Waals surface area contributed by atoms with Gasteiger partial charge in [-0.15, -0.1) is 10.2 Å². The monoisotopic (exact) mass is 296 g/mol. The highest BCUT2D eigenvalue weighted by Crippen LogP contribution is 2.21. The number of carbonyl (C=O) groups excluding carboxylic acids is 1. The van der Waals surface area contributed by atoms with E-state index >= 15 is 0 Å². The predicted molar refractivity (Wildman–Crippen MR) is 80.0 cm³/mol. The number of carbonyl (C=O) groups is 1. The highest BCUT2D eigenvalue weighted by atomic mass is 35.5. The molecule has 0 aromatic carbocycles. The maximum absolute atomic E-state index is 12.4. The van der Waals surface area contributed by atoms with E-state index < -0.39 is 0 Å². The van der Waals surface area contributed by atoms with Crippen molar-refractivity contribution in [2.75, 3.05) is 18.4 Å². The van der Waals surface area contributed by atoms with Crippen LogP contribution >= 0.6 is 11.6 Å². The van der Waals surface area contributed by atoms with E-state index in [1.165, 1.54) is 6.42 Å². The summed E-state index contributed by atoms with van der Waals surface area (Å²) in [6, 6.07) is -0.304. The average Bonchev–Trinajstić information content (AvgIpc) is 2.48. The van der Waals surface area contributed by atoms with Crippen LogP contribution in [0.25, 0.3) is 0 Å². The fourth-order valence-electron chi connectivity index (χ4n) is 2.37. The maximum Gasteiger partial charge on any atom is 0.244 e. The number of halogens is 1. The van der Waals surface area contributed by atoms with E-state index in [0.29, 0.717) is 11.0 Å². The van der Waals surface area contributed by atoms with E-state index in [-0.39, 0.29) is 11.9 Å². The molecule has 1 aliphatic heterocycles. The Bertz CT molecular complexity index is 500. The van der Waals surface area contributed by atoms with E-state index in [9.17, 15) is 4.79 Å². The number of aromatic nitrogens is 2. The van der Waals surface area contributed by atoms with Gasteiger partial charge in [0, 0.05) is 13.1 Å². The standard InChI is InChI=1S/C14H21ClN4O/c1-9-10(2)13(18-17-12(9)15)16-11(3)14(20)19-7-5-4-6-8-19/h11H,4-8H2,1-3H3,(H,16,18). The van der Waals surface area contributed by atoms with Gasteiger partial charge in [-0.1, -0.05) is 11.6 Å². The molecule has 6 heteroatoms. The Kier molecular flexibility index (Phi) is 4.81. The summed E-state index contributed by atoms with van der Waals surface area (Å²) in [6.45, 7) is 7.40. The molecule has 1 aliphatic rings. The van der Waals surface area contributed by atoms with Crippen LogP contribution in [0.3, 0.4) is 0 Å². The molecule has 2 rings (SSSR count). The summed E-state index contributed by atoms with van der Waals surface area (Å²) in [7, 11) is 0. The average molecular weight is 297 g/mol. The number of nitrogens with zero attached hydrogens (tertiary/aromatic N) is 3. The second kappa shape index (κ2) is 6.39. The Labute approximate surface area is 124 Å². The van der Waals surface area contributed by atoms with Crippen LogP contribution in [0.5, 0.6) is 0 Å². The van der Waals surface area contributed by atoms with Crippen LogP contribution in [0.1, 0.15) is 37.3 Å². The quantitative estimate of drug-likeness (QED) is 0.931. The normalized spacial score (nSPS) is 16.9. The second-order valence-corrected chi connectivity index (χ2v) is 5.70. The molecule has 5 nitrogen and oxygen atoms in total. The van der Waals surface area contributed by atoms with Crippen molar-refractivity contribution < 1.29 is 4.79 Å². The Hall–Kier alpha value is -1.36. The van der Waals surface area contributed by atoms with E-state index in [4.69, 9.17) is 11.6 Å². The first kappa shape index (κ1) is 15.0. The Morgan fingerprint density at radius 1 is 1.20 bits per heavy atom. The summed E-state index contributed by atoms with van der Waals surface area (Å²) in [5.41, 5.74) is 1.82. The SMILES string of the molecule is Cc1c(Cl)nnc(NC(C)C(=O)N2CCCCC2)c1C. The minimum Gasteiger partial charge on any atom is -0.357 e. The topological polar surface area (TPSA) is 58.1 Å². The molecule has 1 N–H and O–H groups in total. The number of piperidine rings is 1. The van der Waals surface area contributed by atoms with Gasteiger partial charge in [0.05, 0.1) is 0 Å². The van der Waals surface area contributed by atoms with Crippen LogP contribution in [0, 0.1) is 13.8 Å². The van der Waals surface area contributed by atoms with Crippen LogP contribution in [0.4, 0.5) is 5.82 Å². The lowest BCUT2D eigenvalue weighted by Crippen LogP contribution is -2.44. The molecule has 2 heterocycles. The zero-order valence-electron chi connectivity index (χ0n) is 12.2. The van der Waals surface area contributed by atoms with E-state index in [1.54, 1.807) is 0 Å². The fraction of sp³-hybridized carbons (Fsp3) is 0.643. The number of likely N-dealkylation sites (tertiary alicyclic amines) is 1. The molecule has 0 bridgehead atoms. The van der Waals surface area contributed by atoms with E-state index in [2.05, 4.69) is 15.5 Å². The van der Waals surface area contributed by atoms with Crippen molar-refractivity contribution in [3.05, 3.63) is 16.3 Å². The summed E-state index contributed by atoms with van der Waals surface area (Å²) < 4.78 is 0. The number of anilines is 1. The van der Waals surface area contributed by atoms with Gasteiger partial charge in [-0.05, 0) is 51.2 Å². The van der Waals surface area contributed by atoms with Crippen molar-refractivity contribution in [2.24, 2.45) is 0 Å². The lowest BCUT2D eigenvalue weighted by atomic mass is 10.1. The largest absolute Gasteiger partial charge is 0.357 e. The first-order valence-electron chi connectivity index (χ1n) is 7.05. The molecule has 1 fully saturated rings. The Morgan fingerprint density at radius 2 is 1.85 bits per heavy atom. The molecule has 0 saturated carbocycles. The summed E-state index contributed by atoms with van der Waals surface area (Å²) >= 11 is 5.93. The van der Waals surface area contributed by atoms with Gasteiger partial charge in [-0.3, -0.25) is 4.79 Å². The lowest BCUT2D eigenvalue weighted by molar-refractivity contribution is -0.132. The Balaban J connectivity index is 2.05. The fourth-order valence-corrected chi connectivity index (χ4v) is 2.55. The van der Waals surface area contributed by atoms with Crippen molar-refractivity contribution in [2.45, 2.75) is 46.1 Å². The van der Waals surface area contributed by atoms with Gasteiger partial charge in [-0.2, -0.15) is 0 Å². The molecular weight excluding hydrogens is 276 g/mol. The van der Waals surface area contributed by atoms with Crippen LogP contribution in [0.2, 0.25) is 5.15 Å². The number of amides is 1. The van der Waals surface area contributed by atoms with Crippen molar-refractivity contribution in [3.8, 4) is 0 Å². The third-order valence-corrected chi connectivity index (χ3v) is 4.22. The molecule has 1 aromatic rings. The van der Waals surface area contributed by atoms with Crippen molar-refractivity contribution in [1.29, 1.82) is 0 Å². The molecule has 1 saturated heterocycles. The van der Waals surface area contributed by atoms with Crippen molar-refractivity contribution >= 4 is 23.3 Å². The van der Waals surface area contributed by atoms with Crippen molar-refractivity contribution in [1.82, 2.24) is 15.1 Å². The Morgan fingerprint density at radius 3 is 2.50 bits per heavy atom. The van der Waals surface area contributed by atoms with Gasteiger partial charge in [0.2, 0.25) is 5.91 Å². The smallest absolute Gasteiger partial charge is 0.244 e. The summed E-state index contributed by atoms with van der Waals surface area (Å²) in [5, 5.41) is 11.5. The zero-order chi connectivity index (χ0) is 14.7. The summed E-state index contributed by atoms with van der Waals surface area (Å²) in [4.78, 5) is 14.3. The number of rotatable bonds is 3. The predicted octanol–water partition coefficient (Wildman–Crippen LogP) is 2.56. The van der Waals surface area contributed by atoms with Crippen molar-refractivity contribution in [3.63, 3.8) is 0 Å². The number of nitrogens with one attached hydrogen (secondary N) is 1. The lowest BCUT2D eigenvalue weighted by Gasteiger charge is -2.29. The molecule has 1 unspecified atom stereocenters. The second-order valence-electron chi connectivity index (χ2n) is 5.34. The molecule has 0 radical (unpaired) electrons. The van der Waals surface area contributed by atoms with Gasteiger partial charge in [0.1, 0.15) is 6.04 Å². The molecule has 1 atom stereocenters. The van der Waals surface area contributed by atoms with Gasteiger partial charge in [0.25, 0.3) is 0 Å². The summed E-state index contributed by atoms with van der Waals surface area (Å²) in [5.74, 6) is 0.753.